The number of anilines is 1. The van der Waals surface area contributed by atoms with Gasteiger partial charge in [-0.2, -0.15) is 4.31 Å². The van der Waals surface area contributed by atoms with Crippen LogP contribution in [-0.4, -0.2) is 55.9 Å². The summed E-state index contributed by atoms with van der Waals surface area (Å²) in [6.07, 6.45) is 2.64. The van der Waals surface area contributed by atoms with Crippen molar-refractivity contribution < 1.29 is 27.9 Å². The maximum absolute atomic E-state index is 12.7. The van der Waals surface area contributed by atoms with Gasteiger partial charge in [0.05, 0.1) is 10.6 Å². The monoisotopic (exact) mass is 354 g/mol. The van der Waals surface area contributed by atoms with Crippen molar-refractivity contribution in [3.63, 3.8) is 0 Å². The number of ether oxygens (including phenoxy) is 1. The van der Waals surface area contributed by atoms with Gasteiger partial charge in [-0.25, -0.2) is 8.42 Å². The summed E-state index contributed by atoms with van der Waals surface area (Å²) in [5.74, 6) is -1.40. The van der Waals surface area contributed by atoms with Crippen molar-refractivity contribution in [2.45, 2.75) is 24.2 Å². The number of amides is 1. The highest BCUT2D eigenvalue weighted by Crippen LogP contribution is 2.35. The third-order valence-corrected chi connectivity index (χ3v) is 6.01. The van der Waals surface area contributed by atoms with E-state index in [-0.39, 0.29) is 17.2 Å². The van der Waals surface area contributed by atoms with Gasteiger partial charge in [-0.3, -0.25) is 14.5 Å². The molecule has 0 atom stereocenters. The third kappa shape index (κ3) is 3.09. The van der Waals surface area contributed by atoms with Crippen LogP contribution in [0.5, 0.6) is 5.75 Å². The van der Waals surface area contributed by atoms with E-state index in [2.05, 4.69) is 0 Å². The number of aliphatic carboxylic acids is 1. The fraction of sp³-hybridized carbons (Fsp3) is 0.467. The summed E-state index contributed by atoms with van der Waals surface area (Å²) in [6.45, 7) is 0.127. The van der Waals surface area contributed by atoms with E-state index in [9.17, 15) is 18.0 Å². The molecule has 1 fully saturated rings. The quantitative estimate of drug-likeness (QED) is 0.852. The largest absolute Gasteiger partial charge is 0.482 e. The standard InChI is InChI=1S/C15H18N2O6S/c18-14-10-23-13-5-4-11(8-12(13)17(14)9-15(19)20)24(21,22)16-6-2-1-3-7-16/h4-5,8H,1-3,6-7,9-10H2,(H,19,20). The van der Waals surface area contributed by atoms with Crippen LogP contribution in [0.2, 0.25) is 0 Å². The van der Waals surface area contributed by atoms with Gasteiger partial charge in [0.25, 0.3) is 5.91 Å². The van der Waals surface area contributed by atoms with Gasteiger partial charge in [-0.1, -0.05) is 6.42 Å². The minimum Gasteiger partial charge on any atom is -0.482 e. The lowest BCUT2D eigenvalue weighted by molar-refractivity contribution is -0.137. The van der Waals surface area contributed by atoms with Gasteiger partial charge in [0.1, 0.15) is 12.3 Å². The smallest absolute Gasteiger partial charge is 0.323 e. The molecule has 1 saturated heterocycles. The van der Waals surface area contributed by atoms with Gasteiger partial charge in [0.2, 0.25) is 10.0 Å². The number of hydrogen-bond donors (Lipinski definition) is 1. The maximum Gasteiger partial charge on any atom is 0.323 e. The number of carboxylic acids is 1. The Morgan fingerprint density at radius 3 is 2.58 bits per heavy atom. The number of fused-ring (bicyclic) bond motifs is 1. The molecule has 24 heavy (non-hydrogen) atoms. The fourth-order valence-corrected chi connectivity index (χ4v) is 4.44. The average Bonchev–Trinajstić information content (AvgIpc) is 2.57. The van der Waals surface area contributed by atoms with Crippen molar-refractivity contribution in [2.75, 3.05) is 31.1 Å². The number of carboxylic acid groups (broad SMARTS) is 1. The molecule has 9 heteroatoms. The van der Waals surface area contributed by atoms with Crippen LogP contribution in [0.25, 0.3) is 0 Å². The number of piperidine rings is 1. The Morgan fingerprint density at radius 1 is 1.21 bits per heavy atom. The Morgan fingerprint density at radius 2 is 1.92 bits per heavy atom. The number of carbonyl (C=O) groups is 2. The zero-order valence-corrected chi connectivity index (χ0v) is 13.8. The molecule has 8 nitrogen and oxygen atoms in total. The number of carbonyl (C=O) groups excluding carboxylic acids is 1. The summed E-state index contributed by atoms with van der Waals surface area (Å²) < 4.78 is 32.2. The molecular weight excluding hydrogens is 336 g/mol. The van der Waals surface area contributed by atoms with Crippen molar-refractivity contribution in [3.05, 3.63) is 18.2 Å². The third-order valence-electron chi connectivity index (χ3n) is 4.12. The first-order chi connectivity index (χ1) is 11.4. The van der Waals surface area contributed by atoms with Crippen LogP contribution >= 0.6 is 0 Å². The number of rotatable bonds is 4. The molecular formula is C15H18N2O6S. The van der Waals surface area contributed by atoms with Gasteiger partial charge in [0, 0.05) is 13.1 Å². The van der Waals surface area contributed by atoms with Gasteiger partial charge >= 0.3 is 5.97 Å². The summed E-state index contributed by atoms with van der Waals surface area (Å²) in [5, 5.41) is 8.98. The highest BCUT2D eigenvalue weighted by molar-refractivity contribution is 7.89. The summed E-state index contributed by atoms with van der Waals surface area (Å²) >= 11 is 0. The van der Waals surface area contributed by atoms with Gasteiger partial charge < -0.3 is 9.84 Å². The second-order valence-corrected chi connectivity index (χ2v) is 7.69. The predicted molar refractivity (Wildman–Crippen MR) is 84.5 cm³/mol. The van der Waals surface area contributed by atoms with Crippen LogP contribution in [0.1, 0.15) is 19.3 Å². The highest BCUT2D eigenvalue weighted by atomic mass is 32.2. The topological polar surface area (TPSA) is 104 Å². The van der Waals surface area contributed by atoms with Crippen LogP contribution in [-0.2, 0) is 19.6 Å². The minimum absolute atomic E-state index is 0.0387. The molecule has 0 unspecified atom stereocenters. The van der Waals surface area contributed by atoms with E-state index in [1.165, 1.54) is 22.5 Å². The van der Waals surface area contributed by atoms with Crippen LogP contribution < -0.4 is 9.64 Å². The second-order valence-electron chi connectivity index (χ2n) is 5.76. The molecule has 0 radical (unpaired) electrons. The van der Waals surface area contributed by atoms with Crippen molar-refractivity contribution in [3.8, 4) is 5.75 Å². The van der Waals surface area contributed by atoms with Crippen molar-refractivity contribution in [1.29, 1.82) is 0 Å². The summed E-state index contributed by atoms with van der Waals surface area (Å²) in [7, 11) is -3.67. The molecule has 3 rings (SSSR count). The molecule has 130 valence electrons. The maximum atomic E-state index is 12.7. The molecule has 2 aliphatic heterocycles. The van der Waals surface area contributed by atoms with Crippen LogP contribution in [0, 0.1) is 0 Å². The molecule has 0 bridgehead atoms. The molecule has 0 saturated carbocycles. The van der Waals surface area contributed by atoms with Crippen molar-refractivity contribution in [2.24, 2.45) is 0 Å². The number of nitrogens with zero attached hydrogens (tertiary/aromatic N) is 2. The fourth-order valence-electron chi connectivity index (χ4n) is 2.91. The molecule has 1 aromatic rings. The van der Waals surface area contributed by atoms with Crippen LogP contribution in [0.3, 0.4) is 0 Å². The lowest BCUT2D eigenvalue weighted by Crippen LogP contribution is -2.42. The van der Waals surface area contributed by atoms with Crippen LogP contribution in [0.4, 0.5) is 5.69 Å². The normalized spacial score (nSPS) is 18.8. The number of sulfonamides is 1. The van der Waals surface area contributed by atoms with Crippen molar-refractivity contribution in [1.82, 2.24) is 4.31 Å². The van der Waals surface area contributed by atoms with Crippen LogP contribution in [0.15, 0.2) is 23.1 Å². The van der Waals surface area contributed by atoms with Gasteiger partial charge in [-0.15, -0.1) is 0 Å². The molecule has 0 aliphatic carbocycles. The zero-order valence-electron chi connectivity index (χ0n) is 13.0. The summed E-state index contributed by atoms with van der Waals surface area (Å²) in [5.41, 5.74) is 0.173. The molecule has 1 amide bonds. The minimum atomic E-state index is -3.67. The molecule has 2 aliphatic rings. The molecule has 1 N–H and O–H groups in total. The lowest BCUT2D eigenvalue weighted by Gasteiger charge is -2.30. The van der Waals surface area contributed by atoms with E-state index in [1.807, 2.05) is 0 Å². The second kappa shape index (κ2) is 6.40. The average molecular weight is 354 g/mol. The Balaban J connectivity index is 1.98. The summed E-state index contributed by atoms with van der Waals surface area (Å²) in [6, 6.07) is 4.21. The van der Waals surface area contributed by atoms with E-state index in [0.717, 1.165) is 24.2 Å². The Bertz CT molecular complexity index is 770. The Kier molecular flexibility index (Phi) is 4.46. The van der Waals surface area contributed by atoms with E-state index in [0.29, 0.717) is 18.8 Å². The Labute approximate surface area is 139 Å². The summed E-state index contributed by atoms with van der Waals surface area (Å²) in [4.78, 5) is 24.0. The SMILES string of the molecule is O=C(O)CN1C(=O)COc2ccc(S(=O)(=O)N3CCCCC3)cc21. The van der Waals surface area contributed by atoms with E-state index in [1.54, 1.807) is 0 Å². The number of hydrogen-bond acceptors (Lipinski definition) is 5. The molecule has 1 aromatic carbocycles. The predicted octanol–water partition coefficient (Wildman–Crippen LogP) is 0.671. The Hall–Kier alpha value is -2.13. The number of benzene rings is 1. The highest BCUT2D eigenvalue weighted by Gasteiger charge is 2.31. The molecule has 0 spiro atoms. The lowest BCUT2D eigenvalue weighted by atomic mass is 10.2. The van der Waals surface area contributed by atoms with E-state index in [4.69, 9.17) is 9.84 Å². The van der Waals surface area contributed by atoms with Gasteiger partial charge in [0.15, 0.2) is 6.61 Å². The van der Waals surface area contributed by atoms with Gasteiger partial charge in [-0.05, 0) is 31.0 Å². The first kappa shape index (κ1) is 16.7. The molecule has 2 heterocycles. The van der Waals surface area contributed by atoms with Crippen molar-refractivity contribution >= 4 is 27.6 Å². The zero-order chi connectivity index (χ0) is 17.3. The first-order valence-corrected chi connectivity index (χ1v) is 9.13. The first-order valence-electron chi connectivity index (χ1n) is 7.69. The molecule has 0 aromatic heterocycles. The van der Waals surface area contributed by atoms with E-state index < -0.39 is 28.4 Å². The van der Waals surface area contributed by atoms with E-state index >= 15 is 0 Å².